The first-order chi connectivity index (χ1) is 11.1. The van der Waals surface area contributed by atoms with Crippen LogP contribution in [0.15, 0.2) is 6.07 Å². The molecule has 0 unspecified atom stereocenters. The van der Waals surface area contributed by atoms with E-state index in [2.05, 4.69) is 10.4 Å². The van der Waals surface area contributed by atoms with Gasteiger partial charge in [-0.05, 0) is 32.3 Å². The minimum absolute atomic E-state index is 0.0256. The van der Waals surface area contributed by atoms with Crippen LogP contribution in [-0.2, 0) is 11.8 Å². The average Bonchev–Trinajstić information content (AvgIpc) is 3.19. The molecule has 0 radical (unpaired) electrons. The Kier molecular flexibility index (Phi) is 3.56. The molecule has 2 aromatic heterocycles. The lowest BCUT2D eigenvalue weighted by molar-refractivity contribution is 0.0946. The van der Waals surface area contributed by atoms with Crippen molar-refractivity contribution < 1.29 is 9.53 Å². The highest BCUT2D eigenvalue weighted by atomic mass is 16.5. The minimum atomic E-state index is -0.0256. The number of hydrogen-bond donors (Lipinski definition) is 1. The molecule has 23 heavy (non-hydrogen) atoms. The van der Waals surface area contributed by atoms with Gasteiger partial charge >= 0.3 is 0 Å². The molecule has 1 amide bonds. The van der Waals surface area contributed by atoms with Crippen LogP contribution in [0.4, 0.5) is 0 Å². The van der Waals surface area contributed by atoms with Gasteiger partial charge in [0.15, 0.2) is 5.65 Å². The predicted octanol–water partition coefficient (Wildman–Crippen LogP) is 1.92. The van der Waals surface area contributed by atoms with Crippen molar-refractivity contribution in [3.8, 4) is 0 Å². The van der Waals surface area contributed by atoms with Crippen molar-refractivity contribution in [3.05, 3.63) is 23.0 Å². The Labute approximate surface area is 135 Å². The molecule has 1 aliphatic heterocycles. The van der Waals surface area contributed by atoms with Gasteiger partial charge in [-0.2, -0.15) is 5.10 Å². The fourth-order valence-corrected chi connectivity index (χ4v) is 3.31. The summed E-state index contributed by atoms with van der Waals surface area (Å²) in [6.07, 6.45) is 3.34. The largest absolute Gasteiger partial charge is 0.381 e. The maximum absolute atomic E-state index is 12.8. The van der Waals surface area contributed by atoms with Crippen molar-refractivity contribution >= 4 is 16.9 Å². The Morgan fingerprint density at radius 2 is 2.26 bits per heavy atom. The van der Waals surface area contributed by atoms with Gasteiger partial charge in [-0.3, -0.25) is 9.48 Å². The molecule has 1 saturated carbocycles. The van der Waals surface area contributed by atoms with Gasteiger partial charge in [0, 0.05) is 37.7 Å². The second-order valence-corrected chi connectivity index (χ2v) is 6.72. The van der Waals surface area contributed by atoms with Crippen LogP contribution in [-0.4, -0.2) is 40.4 Å². The number of nitrogens with zero attached hydrogens (tertiary/aromatic N) is 3. The van der Waals surface area contributed by atoms with Crippen LogP contribution in [0.1, 0.15) is 46.9 Å². The smallest absolute Gasteiger partial charge is 0.252 e. The van der Waals surface area contributed by atoms with Gasteiger partial charge in [-0.25, -0.2) is 4.98 Å². The molecule has 1 atom stereocenters. The van der Waals surface area contributed by atoms with Crippen molar-refractivity contribution in [1.29, 1.82) is 0 Å². The number of amides is 1. The van der Waals surface area contributed by atoms with Crippen LogP contribution in [0.2, 0.25) is 0 Å². The van der Waals surface area contributed by atoms with Gasteiger partial charge in [0.25, 0.3) is 5.91 Å². The summed E-state index contributed by atoms with van der Waals surface area (Å²) in [5.74, 6) is 0.904. The lowest BCUT2D eigenvalue weighted by Crippen LogP contribution is -2.29. The Hall–Kier alpha value is -1.95. The number of pyridine rings is 1. The zero-order chi connectivity index (χ0) is 16.0. The van der Waals surface area contributed by atoms with E-state index in [4.69, 9.17) is 9.72 Å². The molecule has 1 aliphatic carbocycles. The van der Waals surface area contributed by atoms with Gasteiger partial charge < -0.3 is 10.1 Å². The lowest BCUT2D eigenvalue weighted by atomic mass is 10.1. The summed E-state index contributed by atoms with van der Waals surface area (Å²) in [5.41, 5.74) is 3.39. The van der Waals surface area contributed by atoms with E-state index in [1.54, 1.807) is 4.68 Å². The van der Waals surface area contributed by atoms with Gasteiger partial charge in [0.05, 0.1) is 23.3 Å². The van der Waals surface area contributed by atoms with E-state index < -0.39 is 0 Å². The SMILES string of the molecule is Cc1nn(C)c2nc(C3CC3)cc(C(=O)NC[C@H]3CCOC3)c12. The summed E-state index contributed by atoms with van der Waals surface area (Å²) < 4.78 is 7.15. The molecule has 3 heterocycles. The normalized spacial score (nSPS) is 21.0. The number of carbonyl (C=O) groups excluding carboxylic acids is 1. The molecule has 2 aliphatic rings. The number of hydrogen-bond acceptors (Lipinski definition) is 4. The first kappa shape index (κ1) is 14.6. The van der Waals surface area contributed by atoms with E-state index >= 15 is 0 Å². The van der Waals surface area contributed by atoms with Gasteiger partial charge in [0.2, 0.25) is 0 Å². The Balaban J connectivity index is 1.67. The molecule has 0 spiro atoms. The van der Waals surface area contributed by atoms with Gasteiger partial charge in [-0.15, -0.1) is 0 Å². The van der Waals surface area contributed by atoms with Crippen molar-refractivity contribution in [1.82, 2.24) is 20.1 Å². The van der Waals surface area contributed by atoms with Crippen molar-refractivity contribution in [2.24, 2.45) is 13.0 Å². The molecule has 4 rings (SSSR count). The zero-order valence-corrected chi connectivity index (χ0v) is 13.6. The van der Waals surface area contributed by atoms with E-state index in [1.165, 1.54) is 0 Å². The Morgan fingerprint density at radius 1 is 1.43 bits per heavy atom. The van der Waals surface area contributed by atoms with Crippen LogP contribution >= 0.6 is 0 Å². The third-order valence-electron chi connectivity index (χ3n) is 4.80. The summed E-state index contributed by atoms with van der Waals surface area (Å²) in [6, 6.07) is 1.97. The molecule has 6 heteroatoms. The number of carbonyl (C=O) groups is 1. The molecule has 0 bridgehead atoms. The number of fused-ring (bicyclic) bond motifs is 1. The summed E-state index contributed by atoms with van der Waals surface area (Å²) in [6.45, 7) is 4.14. The van der Waals surface area contributed by atoms with Crippen molar-refractivity contribution in [2.45, 2.75) is 32.1 Å². The van der Waals surface area contributed by atoms with Gasteiger partial charge in [0.1, 0.15) is 0 Å². The summed E-state index contributed by atoms with van der Waals surface area (Å²) in [5, 5.41) is 8.39. The van der Waals surface area contributed by atoms with E-state index in [0.29, 0.717) is 23.9 Å². The molecule has 2 aromatic rings. The third-order valence-corrected chi connectivity index (χ3v) is 4.80. The predicted molar refractivity (Wildman–Crippen MR) is 86.5 cm³/mol. The Bertz CT molecular complexity index is 758. The fraction of sp³-hybridized carbons (Fsp3) is 0.588. The first-order valence-electron chi connectivity index (χ1n) is 8.33. The maximum Gasteiger partial charge on any atom is 0.252 e. The highest BCUT2D eigenvalue weighted by Crippen LogP contribution is 2.40. The molecule has 6 nitrogen and oxygen atoms in total. The number of ether oxygens (including phenoxy) is 1. The molecule has 0 aromatic carbocycles. The van der Waals surface area contributed by atoms with Crippen LogP contribution in [0.5, 0.6) is 0 Å². The van der Waals surface area contributed by atoms with E-state index in [1.807, 2.05) is 20.0 Å². The first-order valence-corrected chi connectivity index (χ1v) is 8.33. The van der Waals surface area contributed by atoms with Gasteiger partial charge in [-0.1, -0.05) is 0 Å². The highest BCUT2D eigenvalue weighted by molar-refractivity contribution is 6.06. The minimum Gasteiger partial charge on any atom is -0.381 e. The third kappa shape index (κ3) is 2.72. The summed E-state index contributed by atoms with van der Waals surface area (Å²) in [7, 11) is 1.89. The van der Waals surface area contributed by atoms with E-state index in [0.717, 1.165) is 54.9 Å². The van der Waals surface area contributed by atoms with Crippen molar-refractivity contribution in [2.75, 3.05) is 19.8 Å². The fourth-order valence-electron chi connectivity index (χ4n) is 3.31. The highest BCUT2D eigenvalue weighted by Gasteiger charge is 2.28. The second-order valence-electron chi connectivity index (χ2n) is 6.72. The lowest BCUT2D eigenvalue weighted by Gasteiger charge is -2.11. The van der Waals surface area contributed by atoms with Crippen LogP contribution in [0.3, 0.4) is 0 Å². The number of aromatic nitrogens is 3. The monoisotopic (exact) mass is 314 g/mol. The molecular formula is C17H22N4O2. The number of nitrogens with one attached hydrogen (secondary N) is 1. The van der Waals surface area contributed by atoms with E-state index in [9.17, 15) is 4.79 Å². The second kappa shape index (κ2) is 5.60. The maximum atomic E-state index is 12.8. The summed E-state index contributed by atoms with van der Waals surface area (Å²) >= 11 is 0. The van der Waals surface area contributed by atoms with Crippen LogP contribution < -0.4 is 5.32 Å². The van der Waals surface area contributed by atoms with E-state index in [-0.39, 0.29) is 5.91 Å². The molecule has 1 saturated heterocycles. The Morgan fingerprint density at radius 3 is 2.96 bits per heavy atom. The standard InChI is InChI=1S/C17H22N4O2/c1-10-15-13(17(22)18-8-11-5-6-23-9-11)7-14(12-3-4-12)19-16(15)21(2)20-10/h7,11-12H,3-6,8-9H2,1-2H3,(H,18,22)/t11-/m1/s1. The molecule has 1 N–H and O–H groups in total. The quantitative estimate of drug-likeness (QED) is 0.936. The molecule has 122 valence electrons. The molecule has 2 fully saturated rings. The number of aryl methyl sites for hydroxylation is 2. The van der Waals surface area contributed by atoms with Crippen molar-refractivity contribution in [3.63, 3.8) is 0 Å². The average molecular weight is 314 g/mol. The van der Waals surface area contributed by atoms with Crippen LogP contribution in [0.25, 0.3) is 11.0 Å². The summed E-state index contributed by atoms with van der Waals surface area (Å²) in [4.78, 5) is 17.5. The van der Waals surface area contributed by atoms with Crippen LogP contribution in [0, 0.1) is 12.8 Å². The topological polar surface area (TPSA) is 69.0 Å². The number of rotatable bonds is 4. The zero-order valence-electron chi connectivity index (χ0n) is 13.6. The molecular weight excluding hydrogens is 292 g/mol.